The summed E-state index contributed by atoms with van der Waals surface area (Å²) in [6, 6.07) is 1.80. The SMILES string of the molecule is Cc1cnc(-c2noc([C@H](N)C(C)C)n2)c(C)c1. The first kappa shape index (κ1) is 12.7. The van der Waals surface area contributed by atoms with Crippen LogP contribution in [0, 0.1) is 19.8 Å². The Balaban J connectivity index is 2.35. The number of nitrogens with zero attached hydrogens (tertiary/aromatic N) is 3. The van der Waals surface area contributed by atoms with E-state index in [0.717, 1.165) is 16.8 Å². The second-order valence-electron chi connectivity index (χ2n) is 4.90. The summed E-state index contributed by atoms with van der Waals surface area (Å²) in [6.45, 7) is 8.02. The highest BCUT2D eigenvalue weighted by atomic mass is 16.5. The molecule has 0 spiro atoms. The second-order valence-corrected chi connectivity index (χ2v) is 4.90. The minimum absolute atomic E-state index is 0.239. The van der Waals surface area contributed by atoms with Crippen LogP contribution in [0.25, 0.3) is 11.5 Å². The van der Waals surface area contributed by atoms with E-state index in [1.165, 1.54) is 0 Å². The van der Waals surface area contributed by atoms with Crippen LogP contribution in [0.15, 0.2) is 16.8 Å². The first-order valence-electron chi connectivity index (χ1n) is 6.02. The number of hydrogen-bond donors (Lipinski definition) is 1. The van der Waals surface area contributed by atoms with E-state index in [4.69, 9.17) is 10.3 Å². The fraction of sp³-hybridized carbons (Fsp3) is 0.462. The summed E-state index contributed by atoms with van der Waals surface area (Å²) in [4.78, 5) is 8.67. The van der Waals surface area contributed by atoms with Gasteiger partial charge in [-0.3, -0.25) is 4.98 Å². The molecule has 2 rings (SSSR count). The van der Waals surface area contributed by atoms with Gasteiger partial charge in [0.15, 0.2) is 0 Å². The normalized spacial score (nSPS) is 13.0. The van der Waals surface area contributed by atoms with E-state index < -0.39 is 0 Å². The van der Waals surface area contributed by atoms with Gasteiger partial charge in [-0.15, -0.1) is 0 Å². The molecule has 2 aromatic rings. The van der Waals surface area contributed by atoms with Crippen molar-refractivity contribution in [1.82, 2.24) is 15.1 Å². The van der Waals surface area contributed by atoms with Crippen LogP contribution in [0.2, 0.25) is 0 Å². The molecule has 0 saturated carbocycles. The van der Waals surface area contributed by atoms with Crippen LogP contribution in [0.1, 0.15) is 36.9 Å². The topological polar surface area (TPSA) is 77.8 Å². The minimum atomic E-state index is -0.239. The number of rotatable bonds is 3. The van der Waals surface area contributed by atoms with Gasteiger partial charge in [0.05, 0.1) is 6.04 Å². The van der Waals surface area contributed by atoms with Gasteiger partial charge in [0.1, 0.15) is 5.69 Å². The number of aryl methyl sites for hydroxylation is 2. The average Bonchev–Trinajstić information content (AvgIpc) is 2.77. The van der Waals surface area contributed by atoms with Crippen LogP contribution in [0.5, 0.6) is 0 Å². The summed E-state index contributed by atoms with van der Waals surface area (Å²) in [6.07, 6.45) is 1.79. The van der Waals surface area contributed by atoms with E-state index in [1.807, 2.05) is 33.8 Å². The van der Waals surface area contributed by atoms with Crippen LogP contribution in [-0.2, 0) is 0 Å². The lowest BCUT2D eigenvalue weighted by Gasteiger charge is -2.09. The second kappa shape index (κ2) is 4.86. The standard InChI is InChI=1S/C13H18N4O/c1-7(2)10(14)13-16-12(17-18-13)11-9(4)5-8(3)6-15-11/h5-7,10H,14H2,1-4H3/t10-/m1/s1. The smallest absolute Gasteiger partial charge is 0.244 e. The first-order valence-corrected chi connectivity index (χ1v) is 6.02. The largest absolute Gasteiger partial charge is 0.337 e. The molecule has 2 heterocycles. The molecule has 0 radical (unpaired) electrons. The van der Waals surface area contributed by atoms with Crippen LogP contribution in [0.3, 0.4) is 0 Å². The Kier molecular flexibility index (Phi) is 3.43. The van der Waals surface area contributed by atoms with E-state index in [9.17, 15) is 0 Å². The summed E-state index contributed by atoms with van der Waals surface area (Å²) >= 11 is 0. The van der Waals surface area contributed by atoms with Gasteiger partial charge in [-0.25, -0.2) is 0 Å². The van der Waals surface area contributed by atoms with E-state index in [0.29, 0.717) is 11.7 Å². The molecule has 5 nitrogen and oxygen atoms in total. The van der Waals surface area contributed by atoms with Crippen molar-refractivity contribution in [2.24, 2.45) is 11.7 Å². The lowest BCUT2D eigenvalue weighted by atomic mass is 10.1. The van der Waals surface area contributed by atoms with E-state index in [-0.39, 0.29) is 12.0 Å². The molecule has 0 fully saturated rings. The molecule has 0 aliphatic rings. The van der Waals surface area contributed by atoms with Crippen molar-refractivity contribution in [2.45, 2.75) is 33.7 Å². The molecule has 0 amide bonds. The molecular weight excluding hydrogens is 228 g/mol. The number of nitrogens with two attached hydrogens (primary N) is 1. The van der Waals surface area contributed by atoms with Gasteiger partial charge in [0.2, 0.25) is 11.7 Å². The number of aromatic nitrogens is 3. The Labute approximate surface area is 106 Å². The monoisotopic (exact) mass is 246 g/mol. The lowest BCUT2D eigenvalue weighted by molar-refractivity contribution is 0.325. The quantitative estimate of drug-likeness (QED) is 0.899. The van der Waals surface area contributed by atoms with Crippen LogP contribution >= 0.6 is 0 Å². The van der Waals surface area contributed by atoms with Gasteiger partial charge in [0, 0.05) is 6.20 Å². The Morgan fingerprint density at radius 3 is 2.61 bits per heavy atom. The van der Waals surface area contributed by atoms with E-state index in [2.05, 4.69) is 15.1 Å². The molecule has 0 aliphatic heterocycles. The highest BCUT2D eigenvalue weighted by Gasteiger charge is 2.19. The summed E-state index contributed by atoms with van der Waals surface area (Å²) in [7, 11) is 0. The van der Waals surface area contributed by atoms with Crippen molar-refractivity contribution in [3.63, 3.8) is 0 Å². The molecule has 96 valence electrons. The van der Waals surface area contributed by atoms with Crippen molar-refractivity contribution < 1.29 is 4.52 Å². The first-order chi connectivity index (χ1) is 8.49. The zero-order valence-corrected chi connectivity index (χ0v) is 11.1. The predicted octanol–water partition coefficient (Wildman–Crippen LogP) is 2.40. The third kappa shape index (κ3) is 2.41. The maximum absolute atomic E-state index is 5.97. The molecule has 0 aromatic carbocycles. The number of hydrogen-bond acceptors (Lipinski definition) is 5. The van der Waals surface area contributed by atoms with Crippen molar-refractivity contribution in [3.8, 4) is 11.5 Å². The van der Waals surface area contributed by atoms with Crippen LogP contribution in [0.4, 0.5) is 0 Å². The van der Waals surface area contributed by atoms with Crippen molar-refractivity contribution in [3.05, 3.63) is 29.3 Å². The van der Waals surface area contributed by atoms with Gasteiger partial charge in [0.25, 0.3) is 0 Å². The average molecular weight is 246 g/mol. The molecule has 2 N–H and O–H groups in total. The zero-order valence-electron chi connectivity index (χ0n) is 11.1. The summed E-state index contributed by atoms with van der Waals surface area (Å²) in [5.41, 5.74) is 8.86. The molecule has 5 heteroatoms. The van der Waals surface area contributed by atoms with Crippen LogP contribution < -0.4 is 5.73 Å². The molecule has 2 aromatic heterocycles. The van der Waals surface area contributed by atoms with Crippen molar-refractivity contribution in [1.29, 1.82) is 0 Å². The summed E-state index contributed by atoms with van der Waals surface area (Å²) in [5.74, 6) is 1.21. The van der Waals surface area contributed by atoms with Crippen molar-refractivity contribution in [2.75, 3.05) is 0 Å². The molecule has 0 aliphatic carbocycles. The van der Waals surface area contributed by atoms with Gasteiger partial charge in [-0.1, -0.05) is 25.1 Å². The summed E-state index contributed by atoms with van der Waals surface area (Å²) in [5, 5.41) is 3.95. The molecule has 18 heavy (non-hydrogen) atoms. The third-order valence-corrected chi connectivity index (χ3v) is 2.87. The van der Waals surface area contributed by atoms with E-state index in [1.54, 1.807) is 6.20 Å². The highest BCUT2D eigenvalue weighted by Crippen LogP contribution is 2.22. The Bertz CT molecular complexity index is 548. The summed E-state index contributed by atoms with van der Waals surface area (Å²) < 4.78 is 5.20. The van der Waals surface area contributed by atoms with Gasteiger partial charge in [-0.2, -0.15) is 4.98 Å². The molecular formula is C13H18N4O. The Morgan fingerprint density at radius 2 is 2.00 bits per heavy atom. The fourth-order valence-corrected chi connectivity index (χ4v) is 1.70. The van der Waals surface area contributed by atoms with Gasteiger partial charge < -0.3 is 10.3 Å². The molecule has 0 bridgehead atoms. The maximum atomic E-state index is 5.97. The molecule has 0 unspecified atom stereocenters. The van der Waals surface area contributed by atoms with Gasteiger partial charge in [-0.05, 0) is 30.9 Å². The maximum Gasteiger partial charge on any atom is 0.244 e. The lowest BCUT2D eigenvalue weighted by Crippen LogP contribution is -2.16. The number of pyridine rings is 1. The predicted molar refractivity (Wildman–Crippen MR) is 68.8 cm³/mol. The molecule has 1 atom stereocenters. The fourth-order valence-electron chi connectivity index (χ4n) is 1.70. The van der Waals surface area contributed by atoms with E-state index >= 15 is 0 Å². The third-order valence-electron chi connectivity index (χ3n) is 2.87. The van der Waals surface area contributed by atoms with Crippen molar-refractivity contribution >= 4 is 0 Å². The highest BCUT2D eigenvalue weighted by molar-refractivity contribution is 5.54. The van der Waals surface area contributed by atoms with Gasteiger partial charge >= 0.3 is 0 Å². The van der Waals surface area contributed by atoms with Crippen LogP contribution in [-0.4, -0.2) is 15.1 Å². The zero-order chi connectivity index (χ0) is 13.3. The minimum Gasteiger partial charge on any atom is -0.337 e. The molecule has 0 saturated heterocycles. The Hall–Kier alpha value is -1.75. The Morgan fingerprint density at radius 1 is 1.28 bits per heavy atom.